The van der Waals surface area contributed by atoms with E-state index in [9.17, 15) is 4.79 Å². The predicted octanol–water partition coefficient (Wildman–Crippen LogP) is 2.97. The van der Waals surface area contributed by atoms with Crippen LogP contribution in [0.4, 0.5) is 11.4 Å². The van der Waals surface area contributed by atoms with Gasteiger partial charge in [-0.05, 0) is 36.8 Å². The van der Waals surface area contributed by atoms with E-state index < -0.39 is 0 Å². The van der Waals surface area contributed by atoms with Crippen LogP contribution in [0.3, 0.4) is 0 Å². The van der Waals surface area contributed by atoms with Crippen LogP contribution in [0.1, 0.15) is 18.9 Å². The minimum absolute atomic E-state index is 0. The summed E-state index contributed by atoms with van der Waals surface area (Å²) in [6.45, 7) is 2.81. The number of halogens is 1. The molecule has 1 aliphatic rings. The second-order valence-electron chi connectivity index (χ2n) is 4.79. The fraction of sp³-hybridized carbons (Fsp3) is 0.500. The maximum atomic E-state index is 12.4. The number of hydrogen-bond acceptors (Lipinski definition) is 3. The molecule has 5 heteroatoms. The molecule has 0 saturated heterocycles. The van der Waals surface area contributed by atoms with Crippen molar-refractivity contribution >= 4 is 41.5 Å². The highest BCUT2D eigenvalue weighted by molar-refractivity contribution is 7.98. The lowest BCUT2D eigenvalue weighted by Gasteiger charge is -2.32. The third-order valence-electron chi connectivity index (χ3n) is 3.39. The predicted molar refractivity (Wildman–Crippen MR) is 86.3 cm³/mol. The molecule has 1 aromatic rings. The van der Waals surface area contributed by atoms with E-state index in [1.807, 2.05) is 36.3 Å². The van der Waals surface area contributed by atoms with Gasteiger partial charge in [-0.3, -0.25) is 4.79 Å². The van der Waals surface area contributed by atoms with E-state index in [1.54, 1.807) is 11.8 Å². The van der Waals surface area contributed by atoms with E-state index in [0.717, 1.165) is 42.1 Å². The molecular weight excluding hydrogens is 280 g/mol. The van der Waals surface area contributed by atoms with Crippen molar-refractivity contribution in [2.75, 3.05) is 29.2 Å². The van der Waals surface area contributed by atoms with Crippen LogP contribution in [0.25, 0.3) is 0 Å². The van der Waals surface area contributed by atoms with Gasteiger partial charge in [0.2, 0.25) is 5.91 Å². The number of nitrogen functional groups attached to an aromatic ring is 1. The number of nitrogens with zero attached hydrogens (tertiary/aromatic N) is 1. The summed E-state index contributed by atoms with van der Waals surface area (Å²) in [5.74, 6) is 1.15. The van der Waals surface area contributed by atoms with Crippen LogP contribution in [-0.4, -0.2) is 24.5 Å². The molecule has 0 aliphatic carbocycles. The zero-order chi connectivity index (χ0) is 13.1. The summed E-state index contributed by atoms with van der Waals surface area (Å²) < 4.78 is 0. The molecule has 19 heavy (non-hydrogen) atoms. The Morgan fingerprint density at radius 3 is 2.95 bits per heavy atom. The average molecular weight is 301 g/mol. The number of fused-ring (bicyclic) bond motifs is 1. The quantitative estimate of drug-likeness (QED) is 0.873. The number of benzene rings is 1. The first-order chi connectivity index (χ1) is 8.65. The van der Waals surface area contributed by atoms with Crippen LogP contribution in [0.2, 0.25) is 0 Å². The van der Waals surface area contributed by atoms with Crippen LogP contribution in [0.5, 0.6) is 0 Å². The Morgan fingerprint density at radius 2 is 2.26 bits per heavy atom. The van der Waals surface area contributed by atoms with Crippen molar-refractivity contribution in [1.82, 2.24) is 0 Å². The highest BCUT2D eigenvalue weighted by Gasteiger charge is 2.26. The second kappa shape index (κ2) is 7.06. The summed E-state index contributed by atoms with van der Waals surface area (Å²) in [5.41, 5.74) is 8.95. The molecule has 0 saturated carbocycles. The molecule has 3 nitrogen and oxygen atoms in total. The molecule has 0 radical (unpaired) electrons. The van der Waals surface area contributed by atoms with Crippen molar-refractivity contribution in [2.24, 2.45) is 5.92 Å². The lowest BCUT2D eigenvalue weighted by atomic mass is 9.98. The number of rotatable bonds is 3. The molecule has 2 rings (SSSR count). The minimum atomic E-state index is 0. The number of thioether (sulfide) groups is 1. The molecule has 2 N–H and O–H groups in total. The number of amides is 1. The first-order valence-electron chi connectivity index (χ1n) is 6.33. The lowest BCUT2D eigenvalue weighted by Crippen LogP contribution is -2.39. The van der Waals surface area contributed by atoms with Crippen molar-refractivity contribution in [3.05, 3.63) is 23.8 Å². The number of nitrogens with two attached hydrogens (primary N) is 1. The molecular formula is C14H21ClN2OS. The van der Waals surface area contributed by atoms with E-state index in [2.05, 4.69) is 0 Å². The van der Waals surface area contributed by atoms with Gasteiger partial charge >= 0.3 is 0 Å². The van der Waals surface area contributed by atoms with Crippen molar-refractivity contribution < 1.29 is 4.79 Å². The number of carbonyl (C=O) groups is 1. The summed E-state index contributed by atoms with van der Waals surface area (Å²) in [7, 11) is 0. The third kappa shape index (κ3) is 3.37. The Balaban J connectivity index is 0.00000180. The van der Waals surface area contributed by atoms with Crippen molar-refractivity contribution in [3.8, 4) is 0 Å². The van der Waals surface area contributed by atoms with Crippen LogP contribution in [0, 0.1) is 5.92 Å². The third-order valence-corrected chi connectivity index (χ3v) is 4.22. The first kappa shape index (κ1) is 16.2. The number of hydrogen-bond donors (Lipinski definition) is 1. The topological polar surface area (TPSA) is 46.3 Å². The molecule has 1 atom stereocenters. The van der Waals surface area contributed by atoms with Gasteiger partial charge in [-0.1, -0.05) is 13.0 Å². The molecule has 1 aromatic carbocycles. The molecule has 0 aromatic heterocycles. The summed E-state index contributed by atoms with van der Waals surface area (Å²) in [5, 5.41) is 0. The Bertz CT molecular complexity index is 453. The Hall–Kier alpha value is -0.870. The SMILES string of the molecule is CSCC(C)C(=O)N1CCCc2c(N)cccc21.Cl. The van der Waals surface area contributed by atoms with Gasteiger partial charge in [0, 0.05) is 29.6 Å². The molecule has 1 heterocycles. The van der Waals surface area contributed by atoms with E-state index in [4.69, 9.17) is 5.73 Å². The van der Waals surface area contributed by atoms with E-state index in [0.29, 0.717) is 0 Å². The highest BCUT2D eigenvalue weighted by atomic mass is 35.5. The molecule has 1 unspecified atom stereocenters. The number of carbonyl (C=O) groups excluding carboxylic acids is 1. The van der Waals surface area contributed by atoms with Crippen molar-refractivity contribution in [1.29, 1.82) is 0 Å². The molecule has 0 spiro atoms. The molecule has 0 fully saturated rings. The molecule has 106 valence electrons. The monoisotopic (exact) mass is 300 g/mol. The lowest BCUT2D eigenvalue weighted by molar-refractivity contribution is -0.121. The Morgan fingerprint density at radius 1 is 1.53 bits per heavy atom. The van der Waals surface area contributed by atoms with Gasteiger partial charge in [-0.25, -0.2) is 0 Å². The van der Waals surface area contributed by atoms with Crippen molar-refractivity contribution in [2.45, 2.75) is 19.8 Å². The summed E-state index contributed by atoms with van der Waals surface area (Å²) in [6.07, 6.45) is 4.01. The normalized spacial score (nSPS) is 15.4. The summed E-state index contributed by atoms with van der Waals surface area (Å²) >= 11 is 1.71. The average Bonchev–Trinajstić information content (AvgIpc) is 2.38. The fourth-order valence-corrected chi connectivity index (χ4v) is 3.11. The fourth-order valence-electron chi connectivity index (χ4n) is 2.47. The van der Waals surface area contributed by atoms with E-state index in [1.165, 1.54) is 0 Å². The zero-order valence-electron chi connectivity index (χ0n) is 11.4. The largest absolute Gasteiger partial charge is 0.398 e. The van der Waals surface area contributed by atoms with Gasteiger partial charge in [0.25, 0.3) is 0 Å². The summed E-state index contributed by atoms with van der Waals surface area (Å²) in [4.78, 5) is 14.3. The van der Waals surface area contributed by atoms with Gasteiger partial charge in [0.1, 0.15) is 0 Å². The smallest absolute Gasteiger partial charge is 0.230 e. The minimum Gasteiger partial charge on any atom is -0.398 e. The van der Waals surface area contributed by atoms with Gasteiger partial charge in [-0.15, -0.1) is 12.4 Å². The molecule has 0 bridgehead atoms. The molecule has 1 amide bonds. The highest BCUT2D eigenvalue weighted by Crippen LogP contribution is 2.32. The Labute approximate surface area is 125 Å². The second-order valence-corrected chi connectivity index (χ2v) is 5.71. The van der Waals surface area contributed by atoms with E-state index >= 15 is 0 Å². The standard InChI is InChI=1S/C14H20N2OS.ClH/c1-10(9-18-2)14(17)16-8-4-5-11-12(15)6-3-7-13(11)16;/h3,6-7,10H,4-5,8-9,15H2,1-2H3;1H. The van der Waals surface area contributed by atoms with Crippen molar-refractivity contribution in [3.63, 3.8) is 0 Å². The maximum Gasteiger partial charge on any atom is 0.230 e. The van der Waals surface area contributed by atoms with Crippen LogP contribution < -0.4 is 10.6 Å². The number of anilines is 2. The van der Waals surface area contributed by atoms with Gasteiger partial charge in [-0.2, -0.15) is 11.8 Å². The molecule has 1 aliphatic heterocycles. The van der Waals surface area contributed by atoms with Gasteiger partial charge in [0.05, 0.1) is 0 Å². The van der Waals surface area contributed by atoms with E-state index in [-0.39, 0.29) is 24.2 Å². The van der Waals surface area contributed by atoms with Crippen LogP contribution >= 0.6 is 24.2 Å². The summed E-state index contributed by atoms with van der Waals surface area (Å²) in [6, 6.07) is 5.85. The van der Waals surface area contributed by atoms with Gasteiger partial charge < -0.3 is 10.6 Å². The first-order valence-corrected chi connectivity index (χ1v) is 7.72. The van der Waals surface area contributed by atoms with Crippen LogP contribution in [0.15, 0.2) is 18.2 Å². The van der Waals surface area contributed by atoms with Crippen LogP contribution in [-0.2, 0) is 11.2 Å². The maximum absolute atomic E-state index is 12.4. The van der Waals surface area contributed by atoms with Gasteiger partial charge in [0.15, 0.2) is 0 Å². The zero-order valence-corrected chi connectivity index (χ0v) is 13.0. The Kier molecular flexibility index (Phi) is 6.01.